The zero-order chi connectivity index (χ0) is 17.2. The number of amides is 1. The fourth-order valence-electron chi connectivity index (χ4n) is 3.74. The quantitative estimate of drug-likeness (QED) is 0.879. The molecule has 2 aromatic rings. The van der Waals surface area contributed by atoms with Crippen LogP contribution < -0.4 is 5.73 Å². The van der Waals surface area contributed by atoms with Crippen molar-refractivity contribution in [3.8, 4) is 0 Å². The molecule has 2 unspecified atom stereocenters. The van der Waals surface area contributed by atoms with Gasteiger partial charge >= 0.3 is 0 Å². The highest BCUT2D eigenvalue weighted by atomic mass is 16.2. The number of rotatable bonds is 3. The SMILES string of the molecule is Nc1ccc(/C=C/C(=O)N2CC3C=C(c4ccccc4)CC3C2)cn1. The molecule has 1 aliphatic heterocycles. The Morgan fingerprint density at radius 1 is 1.16 bits per heavy atom. The number of likely N-dealkylation sites (tertiary alicyclic amines) is 1. The Morgan fingerprint density at radius 3 is 2.72 bits per heavy atom. The maximum Gasteiger partial charge on any atom is 0.246 e. The van der Waals surface area contributed by atoms with Gasteiger partial charge in [0.25, 0.3) is 0 Å². The molecule has 1 aliphatic carbocycles. The van der Waals surface area contributed by atoms with Crippen molar-refractivity contribution in [3.63, 3.8) is 0 Å². The molecule has 1 aromatic heterocycles. The number of carbonyl (C=O) groups excluding carboxylic acids is 1. The molecule has 25 heavy (non-hydrogen) atoms. The zero-order valence-corrected chi connectivity index (χ0v) is 14.0. The van der Waals surface area contributed by atoms with E-state index in [1.165, 1.54) is 11.1 Å². The summed E-state index contributed by atoms with van der Waals surface area (Å²) in [7, 11) is 0. The summed E-state index contributed by atoms with van der Waals surface area (Å²) < 4.78 is 0. The molecular weight excluding hydrogens is 310 g/mol. The second-order valence-corrected chi connectivity index (χ2v) is 6.78. The average Bonchev–Trinajstić information content (AvgIpc) is 3.21. The first-order chi connectivity index (χ1) is 12.2. The summed E-state index contributed by atoms with van der Waals surface area (Å²) in [6, 6.07) is 14.1. The van der Waals surface area contributed by atoms with E-state index in [1.54, 1.807) is 24.4 Å². The maximum absolute atomic E-state index is 12.4. The van der Waals surface area contributed by atoms with Crippen molar-refractivity contribution in [2.24, 2.45) is 11.8 Å². The van der Waals surface area contributed by atoms with E-state index < -0.39 is 0 Å². The van der Waals surface area contributed by atoms with Gasteiger partial charge in [0.2, 0.25) is 5.91 Å². The van der Waals surface area contributed by atoms with Crippen molar-refractivity contribution < 1.29 is 4.79 Å². The van der Waals surface area contributed by atoms with Gasteiger partial charge in [-0.2, -0.15) is 0 Å². The third-order valence-electron chi connectivity index (χ3n) is 5.07. The van der Waals surface area contributed by atoms with Crippen molar-refractivity contribution in [3.05, 3.63) is 71.9 Å². The van der Waals surface area contributed by atoms with Crippen LogP contribution in [0, 0.1) is 11.8 Å². The number of hydrogen-bond donors (Lipinski definition) is 1. The number of allylic oxidation sites excluding steroid dienone is 1. The Labute approximate surface area is 147 Å². The zero-order valence-electron chi connectivity index (χ0n) is 14.0. The minimum Gasteiger partial charge on any atom is -0.384 e. The molecule has 126 valence electrons. The molecule has 0 spiro atoms. The van der Waals surface area contributed by atoms with Crippen LogP contribution in [0.4, 0.5) is 5.82 Å². The molecule has 0 radical (unpaired) electrons. The first-order valence-corrected chi connectivity index (χ1v) is 8.64. The van der Waals surface area contributed by atoms with E-state index in [0.29, 0.717) is 17.7 Å². The number of fused-ring (bicyclic) bond motifs is 1. The van der Waals surface area contributed by atoms with Gasteiger partial charge in [0.05, 0.1) is 0 Å². The number of anilines is 1. The van der Waals surface area contributed by atoms with E-state index >= 15 is 0 Å². The van der Waals surface area contributed by atoms with Gasteiger partial charge in [-0.25, -0.2) is 4.98 Å². The van der Waals surface area contributed by atoms with E-state index in [9.17, 15) is 4.79 Å². The number of carbonyl (C=O) groups is 1. The number of nitrogens with zero attached hydrogens (tertiary/aromatic N) is 2. The number of pyridine rings is 1. The first-order valence-electron chi connectivity index (χ1n) is 8.64. The lowest BCUT2D eigenvalue weighted by molar-refractivity contribution is -0.125. The molecular formula is C21H21N3O. The van der Waals surface area contributed by atoms with Crippen LogP contribution in [-0.4, -0.2) is 28.9 Å². The number of nitrogen functional groups attached to an aromatic ring is 1. The first kappa shape index (κ1) is 15.6. The lowest BCUT2D eigenvalue weighted by Crippen LogP contribution is -2.27. The van der Waals surface area contributed by atoms with E-state index in [2.05, 4.69) is 35.3 Å². The summed E-state index contributed by atoms with van der Waals surface area (Å²) in [5.74, 6) is 1.58. The number of hydrogen-bond acceptors (Lipinski definition) is 3. The molecule has 1 amide bonds. The molecule has 4 rings (SSSR count). The molecule has 1 saturated heterocycles. The highest BCUT2D eigenvalue weighted by Gasteiger charge is 2.37. The van der Waals surface area contributed by atoms with Crippen LogP contribution in [0.3, 0.4) is 0 Å². The van der Waals surface area contributed by atoms with Crippen molar-refractivity contribution in [2.45, 2.75) is 6.42 Å². The highest BCUT2D eigenvalue weighted by molar-refractivity contribution is 5.92. The van der Waals surface area contributed by atoms with E-state index in [4.69, 9.17) is 5.73 Å². The smallest absolute Gasteiger partial charge is 0.246 e. The molecule has 1 aromatic carbocycles. The van der Waals surface area contributed by atoms with Gasteiger partial charge in [0, 0.05) is 25.4 Å². The molecule has 4 nitrogen and oxygen atoms in total. The summed E-state index contributed by atoms with van der Waals surface area (Å²) >= 11 is 0. The summed E-state index contributed by atoms with van der Waals surface area (Å²) in [5, 5.41) is 0. The normalized spacial score (nSPS) is 22.2. The third-order valence-corrected chi connectivity index (χ3v) is 5.07. The lowest BCUT2D eigenvalue weighted by Gasteiger charge is -2.15. The molecule has 0 bridgehead atoms. The maximum atomic E-state index is 12.4. The van der Waals surface area contributed by atoms with Gasteiger partial charge in [-0.3, -0.25) is 4.79 Å². The molecule has 2 atom stereocenters. The summed E-state index contributed by atoms with van der Waals surface area (Å²) in [6.07, 6.45) is 8.53. The van der Waals surface area contributed by atoms with Crippen LogP contribution in [0.5, 0.6) is 0 Å². The number of nitrogens with two attached hydrogens (primary N) is 1. The van der Waals surface area contributed by atoms with Crippen molar-refractivity contribution in [1.29, 1.82) is 0 Å². The Hall–Kier alpha value is -2.88. The van der Waals surface area contributed by atoms with Gasteiger partial charge in [0.1, 0.15) is 5.82 Å². The van der Waals surface area contributed by atoms with Crippen LogP contribution in [0.2, 0.25) is 0 Å². The standard InChI is InChI=1S/C21H21N3O/c22-20-8-6-15(12-23-20)7-9-21(25)24-13-18-10-17(11-19(18)14-24)16-4-2-1-3-5-16/h1-10,12,18-19H,11,13-14H2,(H2,22,23)/b9-7+. The Morgan fingerprint density at radius 2 is 2.00 bits per heavy atom. The number of aromatic nitrogens is 1. The highest BCUT2D eigenvalue weighted by Crippen LogP contribution is 2.40. The van der Waals surface area contributed by atoms with Crippen molar-refractivity contribution in [2.75, 3.05) is 18.8 Å². The van der Waals surface area contributed by atoms with Crippen LogP contribution >= 0.6 is 0 Å². The largest absolute Gasteiger partial charge is 0.384 e. The Kier molecular flexibility index (Phi) is 4.10. The Bertz CT molecular complexity index is 824. The van der Waals surface area contributed by atoms with Gasteiger partial charge < -0.3 is 10.6 Å². The Balaban J connectivity index is 1.39. The molecule has 0 saturated carbocycles. The van der Waals surface area contributed by atoms with Gasteiger partial charge in [0.15, 0.2) is 0 Å². The van der Waals surface area contributed by atoms with Crippen molar-refractivity contribution in [1.82, 2.24) is 9.88 Å². The third kappa shape index (κ3) is 3.33. The minimum absolute atomic E-state index is 0.0703. The second-order valence-electron chi connectivity index (χ2n) is 6.78. The second kappa shape index (κ2) is 6.55. The van der Waals surface area contributed by atoms with Crippen LogP contribution in [0.15, 0.2) is 60.8 Å². The van der Waals surface area contributed by atoms with E-state index in [-0.39, 0.29) is 5.91 Å². The fourth-order valence-corrected chi connectivity index (χ4v) is 3.74. The van der Waals surface area contributed by atoms with Gasteiger partial charge in [-0.15, -0.1) is 0 Å². The summed E-state index contributed by atoms with van der Waals surface area (Å²) in [5.41, 5.74) is 9.19. The van der Waals surface area contributed by atoms with Gasteiger partial charge in [-0.1, -0.05) is 36.4 Å². The fraction of sp³-hybridized carbons (Fsp3) is 0.238. The van der Waals surface area contributed by atoms with Crippen LogP contribution in [0.1, 0.15) is 17.5 Å². The molecule has 4 heteroatoms. The lowest BCUT2D eigenvalue weighted by atomic mass is 9.98. The predicted molar refractivity (Wildman–Crippen MR) is 100 cm³/mol. The topological polar surface area (TPSA) is 59.2 Å². The summed E-state index contributed by atoms with van der Waals surface area (Å²) in [4.78, 5) is 18.4. The molecule has 2 heterocycles. The molecule has 2 N–H and O–H groups in total. The number of benzene rings is 1. The van der Waals surface area contributed by atoms with E-state index in [0.717, 1.165) is 25.1 Å². The van der Waals surface area contributed by atoms with Crippen LogP contribution in [0.25, 0.3) is 11.6 Å². The van der Waals surface area contributed by atoms with E-state index in [1.807, 2.05) is 17.0 Å². The minimum atomic E-state index is 0.0703. The monoisotopic (exact) mass is 331 g/mol. The average molecular weight is 331 g/mol. The van der Waals surface area contributed by atoms with Gasteiger partial charge in [-0.05, 0) is 53.2 Å². The molecule has 2 aliphatic rings. The predicted octanol–water partition coefficient (Wildman–Crippen LogP) is 3.24. The molecule has 1 fully saturated rings. The van der Waals surface area contributed by atoms with Crippen molar-refractivity contribution >= 4 is 23.4 Å². The summed E-state index contributed by atoms with van der Waals surface area (Å²) in [6.45, 7) is 1.64. The van der Waals surface area contributed by atoms with Crippen LogP contribution in [-0.2, 0) is 4.79 Å².